The van der Waals surface area contributed by atoms with Crippen molar-refractivity contribution >= 4 is 0 Å². The van der Waals surface area contributed by atoms with E-state index >= 15 is 0 Å². The summed E-state index contributed by atoms with van der Waals surface area (Å²) in [7, 11) is 0. The molecule has 0 aromatic heterocycles. The van der Waals surface area contributed by atoms with Gasteiger partial charge in [0.05, 0.1) is 0 Å². The maximum Gasteiger partial charge on any atom is 0.0208 e. The maximum absolute atomic E-state index is 3.81. The number of fused-ring (bicyclic) bond motifs is 5. The number of nitrogens with one attached hydrogen (secondary N) is 1. The van der Waals surface area contributed by atoms with Crippen LogP contribution in [-0.4, -0.2) is 6.04 Å². The van der Waals surface area contributed by atoms with Gasteiger partial charge < -0.3 is 5.32 Å². The van der Waals surface area contributed by atoms with Gasteiger partial charge in [-0.3, -0.25) is 0 Å². The molecule has 3 saturated carbocycles. The van der Waals surface area contributed by atoms with E-state index in [1.54, 1.807) is 6.42 Å². The molecular weight excluding hydrogens is 218 g/mol. The molecule has 0 spiro atoms. The van der Waals surface area contributed by atoms with Crippen LogP contribution in [0.25, 0.3) is 0 Å². The summed E-state index contributed by atoms with van der Waals surface area (Å²) in [5.41, 5.74) is 2.89. The lowest BCUT2D eigenvalue weighted by molar-refractivity contribution is 0.456. The first-order valence-electron chi connectivity index (χ1n) is 7.68. The lowest BCUT2D eigenvalue weighted by Crippen LogP contribution is -2.22. The van der Waals surface area contributed by atoms with Crippen molar-refractivity contribution in [1.82, 2.24) is 5.32 Å². The van der Waals surface area contributed by atoms with E-state index in [0.717, 1.165) is 42.7 Å². The molecule has 96 valence electrons. The molecule has 3 fully saturated rings. The number of rotatable bonds is 4. The summed E-state index contributed by atoms with van der Waals surface area (Å²) in [6.07, 6.45) is 5.74. The Bertz CT molecular complexity index is 419. The fraction of sp³-hybridized carbons (Fsp3) is 0.647. The molecule has 1 aromatic rings. The highest BCUT2D eigenvalue weighted by Gasteiger charge is 2.64. The van der Waals surface area contributed by atoms with Crippen molar-refractivity contribution in [3.05, 3.63) is 35.4 Å². The van der Waals surface area contributed by atoms with Gasteiger partial charge in [0.1, 0.15) is 0 Å². The lowest BCUT2D eigenvalue weighted by atomic mass is 10.0. The first-order chi connectivity index (χ1) is 8.86. The van der Waals surface area contributed by atoms with E-state index in [1.165, 1.54) is 24.0 Å². The Balaban J connectivity index is 1.34. The van der Waals surface area contributed by atoms with Gasteiger partial charge in [-0.1, -0.05) is 31.2 Å². The van der Waals surface area contributed by atoms with E-state index < -0.39 is 0 Å². The molecule has 0 radical (unpaired) electrons. The van der Waals surface area contributed by atoms with Crippen LogP contribution in [0.1, 0.15) is 37.3 Å². The molecule has 0 amide bonds. The van der Waals surface area contributed by atoms with Crippen LogP contribution in [0.5, 0.6) is 0 Å². The van der Waals surface area contributed by atoms with Crippen LogP contribution in [-0.2, 0) is 13.0 Å². The number of hydrogen-bond acceptors (Lipinski definition) is 1. The standard InChI is InChI=1S/C17H23N/c1-2-11-3-5-12(6-4-11)10-18-17-15-13-7-8-14(9-13)16(15)17/h3-6,13-18H,2,7-10H2,1H3. The third-order valence-electron chi connectivity index (χ3n) is 5.71. The Morgan fingerprint density at radius 2 is 1.61 bits per heavy atom. The molecule has 4 unspecified atom stereocenters. The molecule has 1 N–H and O–H groups in total. The average Bonchev–Trinajstić information content (AvgIpc) is 2.81. The summed E-state index contributed by atoms with van der Waals surface area (Å²) < 4.78 is 0. The molecule has 4 atom stereocenters. The molecule has 0 heterocycles. The highest BCUT2D eigenvalue weighted by atomic mass is 15.0. The summed E-state index contributed by atoms with van der Waals surface area (Å²) in [5, 5.41) is 3.81. The van der Waals surface area contributed by atoms with Gasteiger partial charge in [0.25, 0.3) is 0 Å². The Hall–Kier alpha value is -0.820. The number of benzene rings is 1. The Labute approximate surface area is 110 Å². The van der Waals surface area contributed by atoms with Crippen LogP contribution < -0.4 is 5.32 Å². The van der Waals surface area contributed by atoms with E-state index in [2.05, 4.69) is 36.5 Å². The zero-order valence-electron chi connectivity index (χ0n) is 11.2. The molecule has 0 saturated heterocycles. The normalized spacial score (nSPS) is 39.9. The lowest BCUT2D eigenvalue weighted by Gasteiger charge is -2.10. The predicted octanol–water partition coefficient (Wildman–Crippen LogP) is 3.38. The molecule has 0 aliphatic heterocycles. The first-order valence-corrected chi connectivity index (χ1v) is 7.68. The minimum absolute atomic E-state index is 0.863. The molecule has 3 aliphatic carbocycles. The summed E-state index contributed by atoms with van der Waals surface area (Å²) in [6, 6.07) is 9.99. The minimum Gasteiger partial charge on any atom is -0.309 e. The van der Waals surface area contributed by atoms with Crippen LogP contribution in [0.3, 0.4) is 0 Å². The molecule has 18 heavy (non-hydrogen) atoms. The highest BCUT2D eigenvalue weighted by molar-refractivity contribution is 5.23. The van der Waals surface area contributed by atoms with E-state index in [9.17, 15) is 0 Å². The highest BCUT2D eigenvalue weighted by Crippen LogP contribution is 2.65. The second-order valence-corrected chi connectivity index (χ2v) is 6.56. The molecule has 4 rings (SSSR count). The quantitative estimate of drug-likeness (QED) is 0.852. The Morgan fingerprint density at radius 1 is 1.00 bits per heavy atom. The van der Waals surface area contributed by atoms with Gasteiger partial charge in [-0.25, -0.2) is 0 Å². The van der Waals surface area contributed by atoms with Crippen molar-refractivity contribution in [2.24, 2.45) is 23.7 Å². The second-order valence-electron chi connectivity index (χ2n) is 6.56. The van der Waals surface area contributed by atoms with Crippen LogP contribution in [0, 0.1) is 23.7 Å². The van der Waals surface area contributed by atoms with Gasteiger partial charge in [0.15, 0.2) is 0 Å². The molecule has 1 aromatic carbocycles. The predicted molar refractivity (Wildman–Crippen MR) is 74.3 cm³/mol. The van der Waals surface area contributed by atoms with Crippen molar-refractivity contribution in [3.8, 4) is 0 Å². The summed E-state index contributed by atoms with van der Waals surface area (Å²) in [6.45, 7) is 3.29. The van der Waals surface area contributed by atoms with E-state index in [0.29, 0.717) is 0 Å². The number of hydrogen-bond donors (Lipinski definition) is 1. The third kappa shape index (κ3) is 1.64. The zero-order valence-corrected chi connectivity index (χ0v) is 11.2. The third-order valence-corrected chi connectivity index (χ3v) is 5.71. The fourth-order valence-corrected chi connectivity index (χ4v) is 4.73. The van der Waals surface area contributed by atoms with Crippen molar-refractivity contribution < 1.29 is 0 Å². The van der Waals surface area contributed by atoms with Crippen LogP contribution in [0.15, 0.2) is 24.3 Å². The van der Waals surface area contributed by atoms with Gasteiger partial charge in [-0.15, -0.1) is 0 Å². The van der Waals surface area contributed by atoms with E-state index in [4.69, 9.17) is 0 Å². The molecule has 2 bridgehead atoms. The average molecular weight is 241 g/mol. The Kier molecular flexibility index (Phi) is 2.51. The SMILES string of the molecule is CCc1ccc(CNC2C3C4CCC(C4)C23)cc1. The van der Waals surface area contributed by atoms with Gasteiger partial charge in [0.2, 0.25) is 0 Å². The van der Waals surface area contributed by atoms with Crippen LogP contribution >= 0.6 is 0 Å². The van der Waals surface area contributed by atoms with Crippen molar-refractivity contribution in [1.29, 1.82) is 0 Å². The summed E-state index contributed by atoms with van der Waals surface area (Å²) in [5.74, 6) is 4.28. The molecular formula is C17H23N. The van der Waals surface area contributed by atoms with Gasteiger partial charge >= 0.3 is 0 Å². The van der Waals surface area contributed by atoms with Gasteiger partial charge in [0, 0.05) is 12.6 Å². The maximum atomic E-state index is 3.81. The van der Waals surface area contributed by atoms with E-state index in [1.807, 2.05) is 0 Å². The van der Waals surface area contributed by atoms with Gasteiger partial charge in [-0.2, -0.15) is 0 Å². The molecule has 1 heteroatoms. The van der Waals surface area contributed by atoms with Crippen LogP contribution in [0.4, 0.5) is 0 Å². The summed E-state index contributed by atoms with van der Waals surface area (Å²) >= 11 is 0. The fourth-order valence-electron chi connectivity index (χ4n) is 4.73. The topological polar surface area (TPSA) is 12.0 Å². The first kappa shape index (κ1) is 11.0. The Morgan fingerprint density at radius 3 is 2.22 bits per heavy atom. The van der Waals surface area contributed by atoms with Crippen molar-refractivity contribution in [2.45, 2.75) is 45.2 Å². The smallest absolute Gasteiger partial charge is 0.0208 e. The van der Waals surface area contributed by atoms with Crippen molar-refractivity contribution in [2.75, 3.05) is 0 Å². The number of aryl methyl sites for hydroxylation is 1. The summed E-state index contributed by atoms with van der Waals surface area (Å²) in [4.78, 5) is 0. The van der Waals surface area contributed by atoms with E-state index in [-0.39, 0.29) is 0 Å². The van der Waals surface area contributed by atoms with Gasteiger partial charge in [-0.05, 0) is 60.5 Å². The molecule has 3 aliphatic rings. The minimum atomic E-state index is 0.863. The van der Waals surface area contributed by atoms with Crippen LogP contribution in [0.2, 0.25) is 0 Å². The zero-order chi connectivity index (χ0) is 12.1. The largest absolute Gasteiger partial charge is 0.309 e. The monoisotopic (exact) mass is 241 g/mol. The molecule has 1 nitrogen and oxygen atoms in total. The second kappa shape index (κ2) is 4.09. The van der Waals surface area contributed by atoms with Crippen molar-refractivity contribution in [3.63, 3.8) is 0 Å².